The van der Waals surface area contributed by atoms with E-state index in [0.717, 1.165) is 24.0 Å². The van der Waals surface area contributed by atoms with E-state index in [1.54, 1.807) is 30.3 Å². The lowest BCUT2D eigenvalue weighted by atomic mass is 9.97. The predicted octanol–water partition coefficient (Wildman–Crippen LogP) is 4.42. The average molecular weight is 316 g/mol. The van der Waals surface area contributed by atoms with Crippen LogP contribution in [0.2, 0.25) is 0 Å². The van der Waals surface area contributed by atoms with Crippen molar-refractivity contribution < 1.29 is 12.6 Å². The molecule has 0 aliphatic heterocycles. The SMILES string of the molecule is Cc1ccc(S(=O)(=O)Oc2ccccc2C2CCCC2)cc1. The van der Waals surface area contributed by atoms with E-state index < -0.39 is 10.1 Å². The van der Waals surface area contributed by atoms with Crippen molar-refractivity contribution in [2.24, 2.45) is 0 Å². The molecule has 0 spiro atoms. The number of benzene rings is 2. The molecule has 0 aromatic heterocycles. The Morgan fingerprint density at radius 2 is 1.59 bits per heavy atom. The van der Waals surface area contributed by atoms with Crippen molar-refractivity contribution in [2.75, 3.05) is 0 Å². The third-order valence-electron chi connectivity index (χ3n) is 4.22. The van der Waals surface area contributed by atoms with Gasteiger partial charge in [-0.1, -0.05) is 48.7 Å². The molecule has 22 heavy (non-hydrogen) atoms. The van der Waals surface area contributed by atoms with Gasteiger partial charge in [-0.3, -0.25) is 0 Å². The zero-order valence-corrected chi connectivity index (χ0v) is 13.5. The van der Waals surface area contributed by atoms with Gasteiger partial charge in [0.05, 0.1) is 0 Å². The largest absolute Gasteiger partial charge is 0.379 e. The van der Waals surface area contributed by atoms with Crippen LogP contribution in [0.5, 0.6) is 5.75 Å². The average Bonchev–Trinajstić information content (AvgIpc) is 3.02. The molecule has 0 atom stereocenters. The maximum atomic E-state index is 12.5. The van der Waals surface area contributed by atoms with Crippen LogP contribution in [0.3, 0.4) is 0 Å². The van der Waals surface area contributed by atoms with Crippen LogP contribution in [0.25, 0.3) is 0 Å². The summed E-state index contributed by atoms with van der Waals surface area (Å²) < 4.78 is 30.4. The number of rotatable bonds is 4. The zero-order valence-electron chi connectivity index (χ0n) is 12.7. The van der Waals surface area contributed by atoms with E-state index in [9.17, 15) is 8.42 Å². The number of hydrogen-bond acceptors (Lipinski definition) is 3. The Balaban J connectivity index is 1.90. The number of aryl methyl sites for hydroxylation is 1. The van der Waals surface area contributed by atoms with Crippen molar-refractivity contribution in [3.63, 3.8) is 0 Å². The van der Waals surface area contributed by atoms with Gasteiger partial charge in [0.15, 0.2) is 0 Å². The molecule has 0 saturated heterocycles. The van der Waals surface area contributed by atoms with E-state index in [1.165, 1.54) is 12.8 Å². The van der Waals surface area contributed by atoms with Crippen molar-refractivity contribution in [1.29, 1.82) is 0 Å². The third kappa shape index (κ3) is 3.17. The zero-order chi connectivity index (χ0) is 15.6. The van der Waals surface area contributed by atoms with Gasteiger partial charge in [-0.15, -0.1) is 0 Å². The second-order valence-corrected chi connectivity index (χ2v) is 7.42. The molecule has 116 valence electrons. The fourth-order valence-electron chi connectivity index (χ4n) is 3.00. The van der Waals surface area contributed by atoms with E-state index in [1.807, 2.05) is 25.1 Å². The highest BCUT2D eigenvalue weighted by Gasteiger charge is 2.24. The van der Waals surface area contributed by atoms with Gasteiger partial charge in [-0.05, 0) is 49.4 Å². The third-order valence-corrected chi connectivity index (χ3v) is 5.47. The second-order valence-electron chi connectivity index (χ2n) is 5.87. The van der Waals surface area contributed by atoms with Gasteiger partial charge in [0.2, 0.25) is 0 Å². The Morgan fingerprint density at radius 1 is 0.955 bits per heavy atom. The Morgan fingerprint density at radius 3 is 2.27 bits per heavy atom. The second kappa shape index (κ2) is 6.13. The van der Waals surface area contributed by atoms with E-state index in [-0.39, 0.29) is 4.90 Å². The molecular weight excluding hydrogens is 296 g/mol. The van der Waals surface area contributed by atoms with Gasteiger partial charge in [-0.25, -0.2) is 0 Å². The minimum Gasteiger partial charge on any atom is -0.379 e. The maximum absolute atomic E-state index is 12.5. The fraction of sp³-hybridized carbons (Fsp3) is 0.333. The number of para-hydroxylation sites is 1. The quantitative estimate of drug-likeness (QED) is 0.784. The van der Waals surface area contributed by atoms with Crippen molar-refractivity contribution in [3.8, 4) is 5.75 Å². The highest BCUT2D eigenvalue weighted by molar-refractivity contribution is 7.87. The minimum atomic E-state index is -3.78. The van der Waals surface area contributed by atoms with Crippen LogP contribution >= 0.6 is 0 Å². The van der Waals surface area contributed by atoms with Crippen LogP contribution in [0.1, 0.15) is 42.7 Å². The fourth-order valence-corrected chi connectivity index (χ4v) is 3.96. The predicted molar refractivity (Wildman–Crippen MR) is 86.6 cm³/mol. The molecule has 2 aromatic carbocycles. The lowest BCUT2D eigenvalue weighted by Gasteiger charge is -2.15. The molecule has 0 unspecified atom stereocenters. The van der Waals surface area contributed by atoms with Gasteiger partial charge in [0.25, 0.3) is 0 Å². The van der Waals surface area contributed by atoms with Crippen LogP contribution in [0.15, 0.2) is 53.4 Å². The lowest BCUT2D eigenvalue weighted by molar-refractivity contribution is 0.479. The summed E-state index contributed by atoms with van der Waals surface area (Å²) in [5, 5.41) is 0. The molecule has 1 saturated carbocycles. The summed E-state index contributed by atoms with van der Waals surface area (Å²) in [6, 6.07) is 14.2. The van der Waals surface area contributed by atoms with Gasteiger partial charge in [0.1, 0.15) is 10.6 Å². The molecule has 1 aliphatic carbocycles. The van der Waals surface area contributed by atoms with Crippen LogP contribution in [0.4, 0.5) is 0 Å². The first-order valence-corrected chi connectivity index (χ1v) is 9.07. The highest BCUT2D eigenvalue weighted by Crippen LogP contribution is 2.39. The summed E-state index contributed by atoms with van der Waals surface area (Å²) in [6.45, 7) is 1.92. The first kappa shape index (κ1) is 15.1. The molecule has 4 heteroatoms. The maximum Gasteiger partial charge on any atom is 0.339 e. The van der Waals surface area contributed by atoms with E-state index in [4.69, 9.17) is 4.18 Å². The molecule has 1 fully saturated rings. The Hall–Kier alpha value is -1.81. The normalized spacial score (nSPS) is 15.9. The molecule has 0 N–H and O–H groups in total. The summed E-state index contributed by atoms with van der Waals surface area (Å²) in [6.07, 6.45) is 4.60. The molecule has 3 nitrogen and oxygen atoms in total. The van der Waals surface area contributed by atoms with Crippen LogP contribution in [-0.2, 0) is 10.1 Å². The summed E-state index contributed by atoms with van der Waals surface area (Å²) in [4.78, 5) is 0.194. The first-order valence-electron chi connectivity index (χ1n) is 7.66. The van der Waals surface area contributed by atoms with E-state index >= 15 is 0 Å². The summed E-state index contributed by atoms with van der Waals surface area (Å²) >= 11 is 0. The van der Waals surface area contributed by atoms with Crippen molar-refractivity contribution in [1.82, 2.24) is 0 Å². The summed E-state index contributed by atoms with van der Waals surface area (Å²) in [5.41, 5.74) is 2.03. The molecular formula is C18H20O3S. The lowest BCUT2D eigenvalue weighted by Crippen LogP contribution is -2.11. The molecule has 1 aliphatic rings. The van der Waals surface area contributed by atoms with Crippen LogP contribution < -0.4 is 4.18 Å². The topological polar surface area (TPSA) is 43.4 Å². The van der Waals surface area contributed by atoms with Gasteiger partial charge in [-0.2, -0.15) is 8.42 Å². The highest BCUT2D eigenvalue weighted by atomic mass is 32.2. The van der Waals surface area contributed by atoms with E-state index in [2.05, 4.69) is 0 Å². The molecule has 0 amide bonds. The van der Waals surface area contributed by atoms with Crippen LogP contribution in [0, 0.1) is 6.92 Å². The van der Waals surface area contributed by atoms with Crippen molar-refractivity contribution >= 4 is 10.1 Å². The van der Waals surface area contributed by atoms with Crippen molar-refractivity contribution in [3.05, 3.63) is 59.7 Å². The molecule has 0 radical (unpaired) electrons. The summed E-state index contributed by atoms with van der Waals surface area (Å²) in [7, 11) is -3.78. The number of hydrogen-bond donors (Lipinski definition) is 0. The smallest absolute Gasteiger partial charge is 0.339 e. The first-order chi connectivity index (χ1) is 10.6. The van der Waals surface area contributed by atoms with Crippen molar-refractivity contribution in [2.45, 2.75) is 43.4 Å². The van der Waals surface area contributed by atoms with Gasteiger partial charge in [0, 0.05) is 0 Å². The Labute approximate surface area is 132 Å². The molecule has 0 bridgehead atoms. The molecule has 2 aromatic rings. The van der Waals surface area contributed by atoms with Crippen LogP contribution in [-0.4, -0.2) is 8.42 Å². The van der Waals surface area contributed by atoms with Gasteiger partial charge < -0.3 is 4.18 Å². The monoisotopic (exact) mass is 316 g/mol. The Bertz CT molecular complexity index is 742. The minimum absolute atomic E-state index is 0.194. The standard InChI is InChI=1S/C18H20O3S/c1-14-10-12-16(13-11-14)22(19,20)21-18-9-5-4-8-17(18)15-6-2-3-7-15/h4-5,8-13,15H,2-3,6-7H2,1H3. The van der Waals surface area contributed by atoms with Gasteiger partial charge >= 0.3 is 10.1 Å². The molecule has 0 heterocycles. The summed E-state index contributed by atoms with van der Waals surface area (Å²) in [5.74, 6) is 0.874. The molecule has 3 rings (SSSR count). The van der Waals surface area contributed by atoms with E-state index in [0.29, 0.717) is 11.7 Å². The Kier molecular flexibility index (Phi) is 4.21.